The minimum atomic E-state index is 0. The number of benzene rings is 1. The molecule has 0 bridgehead atoms. The standard InChI is InChI=1S/C17H26ClN3O.HI/c1-3-19-17(21(2)12-14-9-11-22-13-14)20-10-8-15-6-4-5-7-16(15)18;/h4-7,14H,3,8-13H2,1-2H3,(H,19,20);1H. The van der Waals surface area contributed by atoms with Gasteiger partial charge < -0.3 is 15.0 Å². The smallest absolute Gasteiger partial charge is 0.193 e. The van der Waals surface area contributed by atoms with E-state index in [0.29, 0.717) is 5.92 Å². The Kier molecular flexibility index (Phi) is 9.90. The normalized spacial score (nSPS) is 17.7. The fourth-order valence-electron chi connectivity index (χ4n) is 2.65. The van der Waals surface area contributed by atoms with Crippen molar-refractivity contribution in [2.24, 2.45) is 10.9 Å². The number of hydrogen-bond donors (Lipinski definition) is 1. The molecular weight excluding hydrogens is 425 g/mol. The molecular formula is C17H27ClIN3O. The van der Waals surface area contributed by atoms with E-state index in [9.17, 15) is 0 Å². The van der Waals surface area contributed by atoms with E-state index in [1.165, 1.54) is 0 Å². The van der Waals surface area contributed by atoms with E-state index in [1.54, 1.807) is 0 Å². The quantitative estimate of drug-likeness (QED) is 0.409. The molecule has 2 rings (SSSR count). The van der Waals surface area contributed by atoms with Crippen LogP contribution in [0.5, 0.6) is 0 Å². The molecule has 1 N–H and O–H groups in total. The second-order valence-electron chi connectivity index (χ2n) is 5.69. The Hall–Kier alpha value is -0.530. The minimum Gasteiger partial charge on any atom is -0.381 e. The maximum atomic E-state index is 6.19. The lowest BCUT2D eigenvalue weighted by Gasteiger charge is -2.24. The molecule has 0 radical (unpaired) electrons. The highest BCUT2D eigenvalue weighted by atomic mass is 127. The first-order valence-electron chi connectivity index (χ1n) is 8.01. The Morgan fingerprint density at radius 1 is 1.43 bits per heavy atom. The summed E-state index contributed by atoms with van der Waals surface area (Å²) in [5.41, 5.74) is 1.15. The lowest BCUT2D eigenvalue weighted by atomic mass is 10.1. The van der Waals surface area contributed by atoms with Crippen LogP contribution in [0.25, 0.3) is 0 Å². The molecule has 1 aromatic carbocycles. The monoisotopic (exact) mass is 451 g/mol. The Balaban J connectivity index is 0.00000264. The van der Waals surface area contributed by atoms with Crippen molar-refractivity contribution >= 4 is 41.5 Å². The number of ether oxygens (including phenoxy) is 1. The van der Waals surface area contributed by atoms with Crippen LogP contribution in [0.15, 0.2) is 29.3 Å². The van der Waals surface area contributed by atoms with Crippen LogP contribution in [-0.2, 0) is 11.2 Å². The predicted molar refractivity (Wildman–Crippen MR) is 108 cm³/mol. The highest BCUT2D eigenvalue weighted by molar-refractivity contribution is 14.0. The van der Waals surface area contributed by atoms with Crippen molar-refractivity contribution in [3.05, 3.63) is 34.9 Å². The number of rotatable bonds is 6. The number of hydrogen-bond acceptors (Lipinski definition) is 2. The van der Waals surface area contributed by atoms with Crippen LogP contribution < -0.4 is 5.32 Å². The van der Waals surface area contributed by atoms with Gasteiger partial charge in [0.2, 0.25) is 0 Å². The van der Waals surface area contributed by atoms with Crippen molar-refractivity contribution in [1.29, 1.82) is 0 Å². The summed E-state index contributed by atoms with van der Waals surface area (Å²) in [6.07, 6.45) is 2.00. The third-order valence-corrected chi connectivity index (χ3v) is 4.22. The molecule has 1 heterocycles. The Morgan fingerprint density at radius 2 is 2.22 bits per heavy atom. The van der Waals surface area contributed by atoms with E-state index in [4.69, 9.17) is 21.3 Å². The van der Waals surface area contributed by atoms with Crippen molar-refractivity contribution in [2.75, 3.05) is 39.9 Å². The van der Waals surface area contributed by atoms with Gasteiger partial charge in [0, 0.05) is 44.2 Å². The molecule has 0 spiro atoms. The van der Waals surface area contributed by atoms with Gasteiger partial charge in [-0.1, -0.05) is 29.8 Å². The molecule has 0 saturated carbocycles. The van der Waals surface area contributed by atoms with Gasteiger partial charge in [0.1, 0.15) is 0 Å². The van der Waals surface area contributed by atoms with Crippen molar-refractivity contribution < 1.29 is 4.74 Å². The van der Waals surface area contributed by atoms with Crippen LogP contribution in [0.4, 0.5) is 0 Å². The van der Waals surface area contributed by atoms with Crippen LogP contribution in [-0.4, -0.2) is 50.8 Å². The molecule has 0 amide bonds. The van der Waals surface area contributed by atoms with Crippen molar-refractivity contribution in [2.45, 2.75) is 19.8 Å². The lowest BCUT2D eigenvalue weighted by Crippen LogP contribution is -2.41. The zero-order valence-electron chi connectivity index (χ0n) is 13.9. The first kappa shape index (κ1) is 20.5. The highest BCUT2D eigenvalue weighted by Gasteiger charge is 2.18. The van der Waals surface area contributed by atoms with Crippen LogP contribution in [0, 0.1) is 5.92 Å². The second kappa shape index (κ2) is 11.1. The molecule has 1 fully saturated rings. The maximum absolute atomic E-state index is 6.19. The summed E-state index contributed by atoms with van der Waals surface area (Å²) >= 11 is 6.19. The molecule has 130 valence electrons. The first-order valence-corrected chi connectivity index (χ1v) is 8.39. The van der Waals surface area contributed by atoms with E-state index >= 15 is 0 Å². The van der Waals surface area contributed by atoms with Gasteiger partial charge in [0.25, 0.3) is 0 Å². The zero-order valence-corrected chi connectivity index (χ0v) is 17.0. The summed E-state index contributed by atoms with van der Waals surface area (Å²) in [5, 5.41) is 4.18. The van der Waals surface area contributed by atoms with E-state index < -0.39 is 0 Å². The molecule has 1 aliphatic rings. The summed E-state index contributed by atoms with van der Waals surface area (Å²) < 4.78 is 5.45. The van der Waals surface area contributed by atoms with Crippen LogP contribution in [0.1, 0.15) is 18.9 Å². The number of nitrogens with zero attached hydrogens (tertiary/aromatic N) is 2. The first-order chi connectivity index (χ1) is 10.7. The van der Waals surface area contributed by atoms with E-state index in [1.807, 2.05) is 18.2 Å². The van der Waals surface area contributed by atoms with Gasteiger partial charge in [-0.25, -0.2) is 0 Å². The summed E-state index contributed by atoms with van der Waals surface area (Å²) in [7, 11) is 2.09. The lowest BCUT2D eigenvalue weighted by molar-refractivity contribution is 0.181. The molecule has 1 aromatic rings. The Bertz CT molecular complexity index is 492. The fraction of sp³-hybridized carbons (Fsp3) is 0.588. The number of nitrogens with one attached hydrogen (secondary N) is 1. The third-order valence-electron chi connectivity index (χ3n) is 3.85. The minimum absolute atomic E-state index is 0. The van der Waals surface area contributed by atoms with Gasteiger partial charge in [-0.3, -0.25) is 4.99 Å². The zero-order chi connectivity index (χ0) is 15.8. The van der Waals surface area contributed by atoms with Crippen molar-refractivity contribution in [3.63, 3.8) is 0 Å². The Labute approximate surface area is 161 Å². The number of guanidine groups is 1. The van der Waals surface area contributed by atoms with Gasteiger partial charge in [0.05, 0.1) is 6.61 Å². The summed E-state index contributed by atoms with van der Waals surface area (Å²) in [6.45, 7) is 6.43. The van der Waals surface area contributed by atoms with Crippen LogP contribution >= 0.6 is 35.6 Å². The van der Waals surface area contributed by atoms with Crippen LogP contribution in [0.3, 0.4) is 0 Å². The molecule has 4 nitrogen and oxygen atoms in total. The SMILES string of the molecule is CCNC(=NCCc1ccccc1Cl)N(C)CC1CCOC1.I. The number of halogens is 2. The largest absolute Gasteiger partial charge is 0.381 e. The molecule has 1 unspecified atom stereocenters. The average Bonchev–Trinajstić information content (AvgIpc) is 3.01. The van der Waals surface area contributed by atoms with Crippen molar-refractivity contribution in [1.82, 2.24) is 10.2 Å². The number of aliphatic imine (C=N–C) groups is 1. The van der Waals surface area contributed by atoms with Crippen molar-refractivity contribution in [3.8, 4) is 0 Å². The Morgan fingerprint density at radius 3 is 2.87 bits per heavy atom. The topological polar surface area (TPSA) is 36.9 Å². The van der Waals surface area contributed by atoms with Crippen LogP contribution in [0.2, 0.25) is 5.02 Å². The van der Waals surface area contributed by atoms with E-state index in [0.717, 1.165) is 62.2 Å². The second-order valence-corrected chi connectivity index (χ2v) is 6.09. The molecule has 0 aliphatic carbocycles. The predicted octanol–water partition coefficient (Wildman–Crippen LogP) is 3.43. The maximum Gasteiger partial charge on any atom is 0.193 e. The van der Waals surface area contributed by atoms with Gasteiger partial charge in [-0.2, -0.15) is 0 Å². The van der Waals surface area contributed by atoms with Gasteiger partial charge in [0.15, 0.2) is 5.96 Å². The average molecular weight is 452 g/mol. The molecule has 1 aliphatic heterocycles. The molecule has 1 atom stereocenters. The summed E-state index contributed by atoms with van der Waals surface area (Å²) in [6, 6.07) is 7.96. The molecule has 23 heavy (non-hydrogen) atoms. The van der Waals surface area contributed by atoms with Gasteiger partial charge >= 0.3 is 0 Å². The summed E-state index contributed by atoms with van der Waals surface area (Å²) in [5.74, 6) is 1.57. The molecule has 1 saturated heterocycles. The summed E-state index contributed by atoms with van der Waals surface area (Å²) in [4.78, 5) is 6.93. The van der Waals surface area contributed by atoms with Gasteiger partial charge in [-0.05, 0) is 31.4 Å². The molecule has 0 aromatic heterocycles. The van der Waals surface area contributed by atoms with E-state index in [-0.39, 0.29) is 24.0 Å². The third kappa shape index (κ3) is 6.85. The molecule has 6 heteroatoms. The van der Waals surface area contributed by atoms with E-state index in [2.05, 4.69) is 30.3 Å². The fourth-order valence-corrected chi connectivity index (χ4v) is 2.88. The van der Waals surface area contributed by atoms with Gasteiger partial charge in [-0.15, -0.1) is 24.0 Å². The highest BCUT2D eigenvalue weighted by Crippen LogP contribution is 2.16.